The molecule has 1 aliphatic carbocycles. The molecular formula is C22H26N2O3. The first-order valence-corrected chi connectivity index (χ1v) is 9.62. The summed E-state index contributed by atoms with van der Waals surface area (Å²) in [6.07, 6.45) is 4.41. The molecule has 0 amide bonds. The fourth-order valence-electron chi connectivity index (χ4n) is 3.81. The van der Waals surface area contributed by atoms with Gasteiger partial charge >= 0.3 is 0 Å². The number of nitrogens with zero attached hydrogens (tertiary/aromatic N) is 1. The number of benzene rings is 2. The number of carbonyl (C=O) groups is 1. The number of ketones is 1. The minimum absolute atomic E-state index is 0.0926. The van der Waals surface area contributed by atoms with Crippen molar-refractivity contribution in [2.24, 2.45) is 5.92 Å². The van der Waals surface area contributed by atoms with Gasteiger partial charge in [0.25, 0.3) is 5.69 Å². The minimum atomic E-state index is -0.364. The first-order valence-electron chi connectivity index (χ1n) is 9.62. The summed E-state index contributed by atoms with van der Waals surface area (Å²) in [7, 11) is 0. The molecule has 1 saturated carbocycles. The number of rotatable bonds is 6. The molecule has 1 N–H and O–H groups in total. The number of aryl methyl sites for hydroxylation is 2. The van der Waals surface area contributed by atoms with E-state index >= 15 is 0 Å². The van der Waals surface area contributed by atoms with Crippen LogP contribution in [0.15, 0.2) is 42.5 Å². The number of Topliss-reactive ketones (excluding diaryl/α,β-unsaturated/α-hetero) is 1. The van der Waals surface area contributed by atoms with Crippen molar-refractivity contribution in [3.8, 4) is 0 Å². The number of hydrogen-bond acceptors (Lipinski definition) is 4. The van der Waals surface area contributed by atoms with E-state index in [1.807, 2.05) is 6.07 Å². The monoisotopic (exact) mass is 366 g/mol. The summed E-state index contributed by atoms with van der Waals surface area (Å²) >= 11 is 0. The molecule has 0 saturated heterocycles. The number of anilines is 1. The molecule has 0 aliphatic heterocycles. The molecule has 2 aromatic rings. The molecule has 5 nitrogen and oxygen atoms in total. The summed E-state index contributed by atoms with van der Waals surface area (Å²) in [5.74, 6) is 0.173. The van der Waals surface area contributed by atoms with Crippen LogP contribution in [0.25, 0.3) is 0 Å². The Bertz CT molecular complexity index is 830. The van der Waals surface area contributed by atoms with Crippen LogP contribution in [0.1, 0.15) is 55.3 Å². The molecule has 0 heterocycles. The molecule has 5 heteroatoms. The zero-order valence-electron chi connectivity index (χ0n) is 15.9. The predicted molar refractivity (Wildman–Crippen MR) is 107 cm³/mol. The van der Waals surface area contributed by atoms with Crippen molar-refractivity contribution in [3.05, 3.63) is 69.3 Å². The van der Waals surface area contributed by atoms with Crippen molar-refractivity contribution in [2.75, 3.05) is 5.32 Å². The van der Waals surface area contributed by atoms with Gasteiger partial charge in [-0.3, -0.25) is 14.9 Å². The van der Waals surface area contributed by atoms with Gasteiger partial charge in [0.1, 0.15) is 5.78 Å². The van der Waals surface area contributed by atoms with Crippen molar-refractivity contribution >= 4 is 17.2 Å². The summed E-state index contributed by atoms with van der Waals surface area (Å²) in [6.45, 7) is 3.84. The van der Waals surface area contributed by atoms with E-state index in [2.05, 4.69) is 36.5 Å². The van der Waals surface area contributed by atoms with Crippen LogP contribution in [-0.2, 0) is 11.2 Å². The van der Waals surface area contributed by atoms with Crippen LogP contribution in [0.2, 0.25) is 0 Å². The summed E-state index contributed by atoms with van der Waals surface area (Å²) in [5.41, 5.74) is 3.70. The Labute approximate surface area is 159 Å². The summed E-state index contributed by atoms with van der Waals surface area (Å²) in [6, 6.07) is 13.3. The fourth-order valence-corrected chi connectivity index (χ4v) is 3.81. The molecule has 2 aromatic carbocycles. The van der Waals surface area contributed by atoms with Crippen LogP contribution in [0.5, 0.6) is 0 Å². The third kappa shape index (κ3) is 4.35. The molecule has 142 valence electrons. The van der Waals surface area contributed by atoms with E-state index < -0.39 is 0 Å². The number of nitro groups is 1. The van der Waals surface area contributed by atoms with E-state index in [0.29, 0.717) is 17.7 Å². The average molecular weight is 366 g/mol. The van der Waals surface area contributed by atoms with E-state index in [-0.39, 0.29) is 28.4 Å². The second kappa shape index (κ2) is 8.33. The molecule has 0 bridgehead atoms. The Kier molecular flexibility index (Phi) is 5.89. The molecular weight excluding hydrogens is 340 g/mol. The van der Waals surface area contributed by atoms with Crippen molar-refractivity contribution in [2.45, 2.75) is 52.0 Å². The Hall–Kier alpha value is -2.69. The first-order chi connectivity index (χ1) is 13.0. The van der Waals surface area contributed by atoms with Gasteiger partial charge in [-0.05, 0) is 43.4 Å². The highest BCUT2D eigenvalue weighted by Crippen LogP contribution is 2.36. The lowest BCUT2D eigenvalue weighted by Crippen LogP contribution is -2.30. The number of nitrogens with one attached hydrogen (secondary N) is 1. The third-order valence-electron chi connectivity index (χ3n) is 5.48. The van der Waals surface area contributed by atoms with Gasteiger partial charge in [-0.15, -0.1) is 0 Å². The number of hydrogen-bond donors (Lipinski definition) is 1. The largest absolute Gasteiger partial charge is 0.377 e. The quantitative estimate of drug-likeness (QED) is 0.550. The number of carbonyl (C=O) groups excluding carboxylic acids is 1. The predicted octanol–water partition coefficient (Wildman–Crippen LogP) is 5.38. The van der Waals surface area contributed by atoms with Gasteiger partial charge in [0, 0.05) is 29.7 Å². The Morgan fingerprint density at radius 2 is 1.93 bits per heavy atom. The van der Waals surface area contributed by atoms with Crippen molar-refractivity contribution in [1.82, 2.24) is 0 Å². The molecule has 0 radical (unpaired) electrons. The maximum Gasteiger partial charge on any atom is 0.274 e. The van der Waals surface area contributed by atoms with Crippen molar-refractivity contribution < 1.29 is 9.72 Å². The first kappa shape index (κ1) is 19.1. The van der Waals surface area contributed by atoms with Crippen LogP contribution in [0.3, 0.4) is 0 Å². The highest BCUT2D eigenvalue weighted by Gasteiger charge is 2.31. The lowest BCUT2D eigenvalue weighted by atomic mass is 9.80. The van der Waals surface area contributed by atoms with E-state index in [9.17, 15) is 14.9 Å². The summed E-state index contributed by atoms with van der Waals surface area (Å²) in [4.78, 5) is 23.5. The highest BCUT2D eigenvalue weighted by molar-refractivity contribution is 5.83. The molecule has 0 unspecified atom stereocenters. The van der Waals surface area contributed by atoms with Gasteiger partial charge in [0.2, 0.25) is 0 Å². The molecule has 1 aliphatic rings. The van der Waals surface area contributed by atoms with Crippen LogP contribution >= 0.6 is 0 Å². The van der Waals surface area contributed by atoms with Gasteiger partial charge in [-0.25, -0.2) is 0 Å². The van der Waals surface area contributed by atoms with E-state index in [1.54, 1.807) is 19.1 Å². The van der Waals surface area contributed by atoms with Crippen LogP contribution < -0.4 is 5.32 Å². The van der Waals surface area contributed by atoms with Gasteiger partial charge in [0.15, 0.2) is 0 Å². The molecule has 27 heavy (non-hydrogen) atoms. The molecule has 1 fully saturated rings. The van der Waals surface area contributed by atoms with E-state index in [0.717, 1.165) is 31.2 Å². The molecule has 3 rings (SSSR count). The maximum atomic E-state index is 12.6. The molecule has 0 spiro atoms. The van der Waals surface area contributed by atoms with Crippen LogP contribution in [-0.4, -0.2) is 10.7 Å². The second-order valence-electron chi connectivity index (χ2n) is 7.29. The SMILES string of the molecule is CCc1ccc([C@H](Nc2ccc(C)c([N+](=O)[O-])c2)[C@@H]2CCCCC2=O)cc1. The minimum Gasteiger partial charge on any atom is -0.377 e. The van der Waals surface area contributed by atoms with Gasteiger partial charge in [0.05, 0.1) is 11.0 Å². The topological polar surface area (TPSA) is 72.2 Å². The number of nitro benzene ring substituents is 1. The molecule has 0 aromatic heterocycles. The standard InChI is InChI=1S/C22H26N2O3/c1-3-16-9-11-17(12-10-16)22(19-6-4-5-7-21(19)25)23-18-13-8-15(2)20(14-18)24(26)27/h8-14,19,22-23H,3-7H2,1-2H3/t19-,22+/m1/s1. The van der Waals surface area contributed by atoms with Gasteiger partial charge in [-0.2, -0.15) is 0 Å². The molecule has 2 atom stereocenters. The van der Waals surface area contributed by atoms with Crippen molar-refractivity contribution in [3.63, 3.8) is 0 Å². The third-order valence-corrected chi connectivity index (χ3v) is 5.48. The average Bonchev–Trinajstić information content (AvgIpc) is 2.68. The normalized spacial score (nSPS) is 18.1. The summed E-state index contributed by atoms with van der Waals surface area (Å²) < 4.78 is 0. The fraction of sp³-hybridized carbons (Fsp3) is 0.409. The summed E-state index contributed by atoms with van der Waals surface area (Å²) in [5, 5.41) is 14.7. The zero-order valence-corrected chi connectivity index (χ0v) is 15.9. The second-order valence-corrected chi connectivity index (χ2v) is 7.29. The van der Waals surface area contributed by atoms with Crippen LogP contribution in [0, 0.1) is 23.0 Å². The van der Waals surface area contributed by atoms with Crippen molar-refractivity contribution in [1.29, 1.82) is 0 Å². The lowest BCUT2D eigenvalue weighted by Gasteiger charge is -2.31. The zero-order chi connectivity index (χ0) is 19.4. The van der Waals surface area contributed by atoms with Crippen LogP contribution in [0.4, 0.5) is 11.4 Å². The lowest BCUT2D eigenvalue weighted by molar-refractivity contribution is -0.385. The Morgan fingerprint density at radius 1 is 1.19 bits per heavy atom. The maximum absolute atomic E-state index is 12.6. The Balaban J connectivity index is 1.95. The smallest absolute Gasteiger partial charge is 0.274 e. The highest BCUT2D eigenvalue weighted by atomic mass is 16.6. The Morgan fingerprint density at radius 3 is 2.56 bits per heavy atom. The van der Waals surface area contributed by atoms with E-state index in [1.165, 1.54) is 5.56 Å². The van der Waals surface area contributed by atoms with E-state index in [4.69, 9.17) is 0 Å². The van der Waals surface area contributed by atoms with Gasteiger partial charge < -0.3 is 5.32 Å². The van der Waals surface area contributed by atoms with Gasteiger partial charge in [-0.1, -0.05) is 43.7 Å².